The number of rotatable bonds is 7. The van der Waals surface area contributed by atoms with Crippen molar-refractivity contribution in [2.45, 2.75) is 32.7 Å². The Hall–Kier alpha value is -2.33. The average molecular weight is 356 g/mol. The lowest BCUT2D eigenvalue weighted by Crippen LogP contribution is -2.26. The van der Waals surface area contributed by atoms with Crippen molar-refractivity contribution in [2.24, 2.45) is 0 Å². The van der Waals surface area contributed by atoms with Crippen LogP contribution in [-0.2, 0) is 13.0 Å². The number of hydrogen-bond donors (Lipinski definition) is 1. The fourth-order valence-electron chi connectivity index (χ4n) is 2.87. The van der Waals surface area contributed by atoms with Crippen molar-refractivity contribution in [3.8, 4) is 0 Å². The lowest BCUT2D eigenvalue weighted by molar-refractivity contribution is 0.0954. The van der Waals surface area contributed by atoms with Crippen LogP contribution in [0.4, 0.5) is 0 Å². The summed E-state index contributed by atoms with van der Waals surface area (Å²) in [6, 6.07) is 15.1. The number of nitrogens with one attached hydrogen (secondary N) is 1. The SMILES string of the molecule is CCCCn1c(CCNC(=O)c2ccc(Cl)cc2)nc2ccccc21. The minimum Gasteiger partial charge on any atom is -0.352 e. The number of carbonyl (C=O) groups excluding carboxylic acids is 1. The van der Waals surface area contributed by atoms with Crippen LogP contribution in [0.5, 0.6) is 0 Å². The molecule has 1 heterocycles. The number of hydrogen-bond acceptors (Lipinski definition) is 2. The van der Waals surface area contributed by atoms with Gasteiger partial charge in [0, 0.05) is 30.1 Å². The first-order chi connectivity index (χ1) is 12.2. The highest BCUT2D eigenvalue weighted by Gasteiger charge is 2.11. The van der Waals surface area contributed by atoms with Gasteiger partial charge in [-0.25, -0.2) is 4.98 Å². The fraction of sp³-hybridized carbons (Fsp3) is 0.300. The van der Waals surface area contributed by atoms with Crippen LogP contribution in [0.3, 0.4) is 0 Å². The van der Waals surface area contributed by atoms with Crippen LogP contribution in [0.1, 0.15) is 35.9 Å². The molecule has 0 saturated heterocycles. The largest absolute Gasteiger partial charge is 0.352 e. The molecule has 4 nitrogen and oxygen atoms in total. The lowest BCUT2D eigenvalue weighted by Gasteiger charge is -2.09. The fourth-order valence-corrected chi connectivity index (χ4v) is 3.00. The highest BCUT2D eigenvalue weighted by molar-refractivity contribution is 6.30. The summed E-state index contributed by atoms with van der Waals surface area (Å²) in [5, 5.41) is 3.59. The van der Waals surface area contributed by atoms with E-state index >= 15 is 0 Å². The molecule has 0 fully saturated rings. The van der Waals surface area contributed by atoms with Crippen LogP contribution in [0.25, 0.3) is 11.0 Å². The van der Waals surface area contributed by atoms with Gasteiger partial charge in [0.2, 0.25) is 0 Å². The number of para-hydroxylation sites is 2. The van der Waals surface area contributed by atoms with Crippen LogP contribution in [0.2, 0.25) is 5.02 Å². The summed E-state index contributed by atoms with van der Waals surface area (Å²) in [4.78, 5) is 16.9. The molecule has 0 saturated carbocycles. The monoisotopic (exact) mass is 355 g/mol. The van der Waals surface area contributed by atoms with Gasteiger partial charge in [-0.1, -0.05) is 37.1 Å². The Balaban J connectivity index is 1.68. The molecule has 1 N–H and O–H groups in total. The third-order valence-electron chi connectivity index (χ3n) is 4.21. The summed E-state index contributed by atoms with van der Waals surface area (Å²) in [6.07, 6.45) is 2.96. The van der Waals surface area contributed by atoms with Crippen molar-refractivity contribution < 1.29 is 4.79 Å². The second-order valence-electron chi connectivity index (χ2n) is 6.03. The van der Waals surface area contributed by atoms with E-state index < -0.39 is 0 Å². The van der Waals surface area contributed by atoms with Crippen molar-refractivity contribution in [1.29, 1.82) is 0 Å². The van der Waals surface area contributed by atoms with Gasteiger partial charge in [0.15, 0.2) is 0 Å². The van der Waals surface area contributed by atoms with E-state index in [1.54, 1.807) is 24.3 Å². The predicted octanol–water partition coefficient (Wildman–Crippen LogP) is 4.46. The molecule has 130 valence electrons. The van der Waals surface area contributed by atoms with Gasteiger partial charge in [-0.2, -0.15) is 0 Å². The van der Waals surface area contributed by atoms with Crippen LogP contribution < -0.4 is 5.32 Å². The molecule has 1 aromatic heterocycles. The van der Waals surface area contributed by atoms with Crippen molar-refractivity contribution in [1.82, 2.24) is 14.9 Å². The maximum atomic E-state index is 12.2. The molecule has 2 aromatic carbocycles. The van der Waals surface area contributed by atoms with Crippen molar-refractivity contribution in [3.05, 3.63) is 64.9 Å². The quantitative estimate of drug-likeness (QED) is 0.680. The molecule has 3 aromatic rings. The Morgan fingerprint density at radius 3 is 2.68 bits per heavy atom. The summed E-state index contributed by atoms with van der Waals surface area (Å²) < 4.78 is 2.27. The maximum Gasteiger partial charge on any atom is 0.251 e. The van der Waals surface area contributed by atoms with Crippen LogP contribution >= 0.6 is 11.6 Å². The Morgan fingerprint density at radius 1 is 1.16 bits per heavy atom. The van der Waals surface area contributed by atoms with Crippen molar-refractivity contribution in [3.63, 3.8) is 0 Å². The topological polar surface area (TPSA) is 46.9 Å². The third-order valence-corrected chi connectivity index (χ3v) is 4.46. The molecule has 25 heavy (non-hydrogen) atoms. The highest BCUT2D eigenvalue weighted by Crippen LogP contribution is 2.17. The van der Waals surface area contributed by atoms with Crippen molar-refractivity contribution in [2.75, 3.05) is 6.54 Å². The summed E-state index contributed by atoms with van der Waals surface area (Å²) in [5.41, 5.74) is 2.79. The van der Waals surface area contributed by atoms with E-state index in [-0.39, 0.29) is 5.91 Å². The maximum absolute atomic E-state index is 12.2. The molecule has 0 radical (unpaired) electrons. The number of unbranched alkanes of at least 4 members (excludes halogenated alkanes) is 1. The summed E-state index contributed by atoms with van der Waals surface area (Å²) in [5.74, 6) is 0.930. The van der Waals surface area contributed by atoms with Crippen LogP contribution in [0.15, 0.2) is 48.5 Å². The molecule has 3 rings (SSSR count). The normalized spacial score (nSPS) is 11.0. The minimum absolute atomic E-state index is 0.0899. The smallest absolute Gasteiger partial charge is 0.251 e. The second kappa shape index (κ2) is 8.17. The average Bonchev–Trinajstić information content (AvgIpc) is 2.98. The number of nitrogens with zero attached hydrogens (tertiary/aromatic N) is 2. The number of imidazole rings is 1. The summed E-state index contributed by atoms with van der Waals surface area (Å²) in [7, 11) is 0. The Morgan fingerprint density at radius 2 is 1.92 bits per heavy atom. The van der Waals surface area contributed by atoms with Gasteiger partial charge in [-0.15, -0.1) is 0 Å². The molecule has 1 amide bonds. The number of amides is 1. The van der Waals surface area contributed by atoms with Gasteiger partial charge < -0.3 is 9.88 Å². The second-order valence-corrected chi connectivity index (χ2v) is 6.47. The molecular formula is C20H22ClN3O. The molecule has 0 bridgehead atoms. The zero-order valence-electron chi connectivity index (χ0n) is 14.3. The van der Waals surface area contributed by atoms with E-state index in [4.69, 9.17) is 16.6 Å². The first kappa shape index (κ1) is 17.5. The van der Waals surface area contributed by atoms with E-state index in [9.17, 15) is 4.79 Å². The van der Waals surface area contributed by atoms with Gasteiger partial charge in [0.05, 0.1) is 11.0 Å². The molecule has 0 atom stereocenters. The van der Waals surface area contributed by atoms with Crippen LogP contribution in [0, 0.1) is 0 Å². The van der Waals surface area contributed by atoms with E-state index in [1.807, 2.05) is 18.2 Å². The number of aryl methyl sites for hydroxylation is 1. The Bertz CT molecular complexity index is 855. The Labute approximate surface area is 152 Å². The van der Waals surface area contributed by atoms with E-state index in [2.05, 4.69) is 22.9 Å². The number of carbonyl (C=O) groups is 1. The molecule has 0 aliphatic heterocycles. The van der Waals surface area contributed by atoms with E-state index in [0.717, 1.165) is 36.2 Å². The van der Waals surface area contributed by atoms with E-state index in [1.165, 1.54) is 0 Å². The molecule has 5 heteroatoms. The molecule has 0 aliphatic rings. The van der Waals surface area contributed by atoms with E-state index in [0.29, 0.717) is 23.6 Å². The first-order valence-corrected chi connectivity index (χ1v) is 9.04. The lowest BCUT2D eigenvalue weighted by atomic mass is 10.2. The van der Waals surface area contributed by atoms with Gasteiger partial charge in [-0.05, 0) is 42.8 Å². The Kier molecular flexibility index (Phi) is 5.71. The summed E-state index contributed by atoms with van der Waals surface area (Å²) in [6.45, 7) is 3.69. The van der Waals surface area contributed by atoms with Crippen molar-refractivity contribution >= 4 is 28.5 Å². The van der Waals surface area contributed by atoms with Gasteiger partial charge in [0.25, 0.3) is 5.91 Å². The number of halogens is 1. The van der Waals surface area contributed by atoms with Crippen LogP contribution in [-0.4, -0.2) is 22.0 Å². The molecular weight excluding hydrogens is 334 g/mol. The highest BCUT2D eigenvalue weighted by atomic mass is 35.5. The van der Waals surface area contributed by atoms with Gasteiger partial charge in [0.1, 0.15) is 5.82 Å². The molecule has 0 unspecified atom stereocenters. The zero-order chi connectivity index (χ0) is 17.6. The third kappa shape index (κ3) is 4.20. The minimum atomic E-state index is -0.0899. The first-order valence-electron chi connectivity index (χ1n) is 8.67. The molecule has 0 aliphatic carbocycles. The zero-order valence-corrected chi connectivity index (χ0v) is 15.1. The number of aromatic nitrogens is 2. The number of benzene rings is 2. The standard InChI is InChI=1S/C20H22ClN3O/c1-2-3-14-24-18-7-5-4-6-17(18)23-19(24)12-13-22-20(25)15-8-10-16(21)11-9-15/h4-11H,2-3,12-14H2,1H3,(H,22,25). The molecule has 0 spiro atoms. The summed E-state index contributed by atoms with van der Waals surface area (Å²) >= 11 is 5.86. The van der Waals surface area contributed by atoms with Gasteiger partial charge in [-0.3, -0.25) is 4.79 Å². The van der Waals surface area contributed by atoms with Gasteiger partial charge >= 0.3 is 0 Å². The predicted molar refractivity (Wildman–Crippen MR) is 102 cm³/mol. The number of fused-ring (bicyclic) bond motifs is 1.